The lowest BCUT2D eigenvalue weighted by atomic mass is 9.53. The second kappa shape index (κ2) is 17.3. The van der Waals surface area contributed by atoms with Crippen LogP contribution in [0.2, 0.25) is 0 Å². The van der Waals surface area contributed by atoms with Gasteiger partial charge in [-0.25, -0.2) is 9.97 Å². The molecular formula is C69H52N4OS. The summed E-state index contributed by atoms with van der Waals surface area (Å²) in [6.45, 7) is 5.94. The van der Waals surface area contributed by atoms with Crippen molar-refractivity contribution in [3.63, 3.8) is 0 Å². The van der Waals surface area contributed by atoms with Crippen molar-refractivity contribution in [2.24, 2.45) is 11.8 Å². The monoisotopic (exact) mass is 984 g/mol. The van der Waals surface area contributed by atoms with Gasteiger partial charge in [0.2, 0.25) is 0 Å². The van der Waals surface area contributed by atoms with Crippen molar-refractivity contribution in [3.8, 4) is 16.9 Å². The zero-order chi connectivity index (χ0) is 49.8. The van der Waals surface area contributed by atoms with E-state index in [0.29, 0.717) is 24.9 Å². The summed E-state index contributed by atoms with van der Waals surface area (Å²) in [5, 5.41) is 13.6. The molecule has 5 nitrogen and oxygen atoms in total. The van der Waals surface area contributed by atoms with Crippen LogP contribution in [0.15, 0.2) is 223 Å². The Bertz CT molecular complexity index is 4500. The van der Waals surface area contributed by atoms with E-state index in [1.807, 2.05) is 11.3 Å². The number of fused-ring (bicyclic) bond motifs is 13. The Kier molecular flexibility index (Phi) is 10.2. The molecule has 75 heavy (non-hydrogen) atoms. The van der Waals surface area contributed by atoms with Crippen molar-refractivity contribution in [2.45, 2.75) is 44.7 Å². The second-order valence-corrected chi connectivity index (χ2v) is 22.1. The second-order valence-electron chi connectivity index (χ2n) is 21.0. The molecule has 0 aliphatic heterocycles. The number of allylic oxidation sites excluding steroid dienone is 4. The number of benzene rings is 9. The summed E-state index contributed by atoms with van der Waals surface area (Å²) in [6.07, 6.45) is 10.1. The highest BCUT2D eigenvalue weighted by molar-refractivity contribution is 7.26. The van der Waals surface area contributed by atoms with Crippen LogP contribution in [0.3, 0.4) is 0 Å². The topological polar surface area (TPSA) is 55.9 Å². The third kappa shape index (κ3) is 6.93. The molecule has 0 bridgehead atoms. The molecule has 15 rings (SSSR count). The highest BCUT2D eigenvalue weighted by Crippen LogP contribution is 2.56. The molecule has 2 aliphatic rings. The van der Waals surface area contributed by atoms with Gasteiger partial charge in [-0.05, 0) is 88.2 Å². The fourth-order valence-electron chi connectivity index (χ4n) is 13.4. The van der Waals surface area contributed by atoms with Crippen LogP contribution in [0, 0.1) is 11.8 Å². The Labute approximate surface area is 439 Å². The Balaban J connectivity index is 0.881. The Morgan fingerprint density at radius 1 is 0.680 bits per heavy atom. The predicted molar refractivity (Wildman–Crippen MR) is 313 cm³/mol. The standard InChI is InChI=1S/C69H52N4OS/c1-42(43-18-4-3-5-19-43)55-37-46-22-8-12-29-58(46)69(2)35-17-28-53(64(55)69)68-71-40-47(65(72-68)54-27-16-26-52-50-25-11-15-32-63(50)75-67(52)54)39-70-41-57-60(34-33-51-49-24-10-14-31-62(49)74-66(51)57)73-59-30-13-9-23-48(59)56-36-44-20-6-7-21-45(44)38-61(56)73/h3-36,38,40,42,55,64,70H,37,39,41H2,1-2H3. The van der Waals surface area contributed by atoms with E-state index in [1.165, 1.54) is 69.5 Å². The van der Waals surface area contributed by atoms with E-state index >= 15 is 0 Å². The molecule has 4 aromatic heterocycles. The van der Waals surface area contributed by atoms with E-state index in [0.717, 1.165) is 67.8 Å². The van der Waals surface area contributed by atoms with Gasteiger partial charge < -0.3 is 14.3 Å². The summed E-state index contributed by atoms with van der Waals surface area (Å²) in [7, 11) is 0. The van der Waals surface area contributed by atoms with Crippen LogP contribution in [-0.2, 0) is 24.9 Å². The van der Waals surface area contributed by atoms with Crippen LogP contribution in [0.4, 0.5) is 0 Å². The van der Waals surface area contributed by atoms with Crippen molar-refractivity contribution in [3.05, 3.63) is 252 Å². The maximum Gasteiger partial charge on any atom is 0.156 e. The number of thiophene rings is 1. The minimum Gasteiger partial charge on any atom is -0.456 e. The van der Waals surface area contributed by atoms with Crippen molar-refractivity contribution in [2.75, 3.05) is 0 Å². The summed E-state index contributed by atoms with van der Waals surface area (Å²) in [5.41, 5.74) is 14.6. The van der Waals surface area contributed by atoms with Gasteiger partial charge in [0.15, 0.2) is 5.82 Å². The summed E-state index contributed by atoms with van der Waals surface area (Å²) >= 11 is 1.85. The van der Waals surface area contributed by atoms with E-state index in [2.05, 4.69) is 242 Å². The number of furan rings is 1. The first-order chi connectivity index (χ1) is 37.0. The largest absolute Gasteiger partial charge is 0.456 e. The molecule has 2 aliphatic carbocycles. The summed E-state index contributed by atoms with van der Waals surface area (Å²) in [4.78, 5) is 11.3. The van der Waals surface area contributed by atoms with Crippen molar-refractivity contribution >= 4 is 91.6 Å². The van der Waals surface area contributed by atoms with E-state index in [9.17, 15) is 0 Å². The fourth-order valence-corrected chi connectivity index (χ4v) is 14.6. The molecule has 6 heteroatoms. The Morgan fingerprint density at radius 2 is 1.43 bits per heavy atom. The first kappa shape index (κ1) is 44.1. The zero-order valence-electron chi connectivity index (χ0n) is 41.8. The van der Waals surface area contributed by atoms with Crippen LogP contribution in [0.25, 0.3) is 97.2 Å². The molecule has 0 amide bonds. The van der Waals surface area contributed by atoms with E-state index in [-0.39, 0.29) is 11.3 Å². The van der Waals surface area contributed by atoms with Crippen molar-refractivity contribution in [1.29, 1.82) is 0 Å². The van der Waals surface area contributed by atoms with Crippen LogP contribution >= 0.6 is 11.3 Å². The van der Waals surface area contributed by atoms with E-state index in [4.69, 9.17) is 14.4 Å². The predicted octanol–water partition coefficient (Wildman–Crippen LogP) is 17.5. The van der Waals surface area contributed by atoms with Gasteiger partial charge in [-0.3, -0.25) is 0 Å². The third-order valence-electron chi connectivity index (χ3n) is 17.0. The number of nitrogens with zero attached hydrogens (tertiary/aromatic N) is 3. The third-order valence-corrected chi connectivity index (χ3v) is 18.2. The summed E-state index contributed by atoms with van der Waals surface area (Å²) in [6, 6.07) is 70.8. The molecule has 0 saturated heterocycles. The molecule has 360 valence electrons. The molecule has 4 atom stereocenters. The number of hydrogen-bond donors (Lipinski definition) is 1. The van der Waals surface area contributed by atoms with Gasteiger partial charge in [0.25, 0.3) is 0 Å². The number of aromatic nitrogens is 3. The summed E-state index contributed by atoms with van der Waals surface area (Å²) in [5.74, 6) is 1.56. The maximum absolute atomic E-state index is 6.91. The van der Waals surface area contributed by atoms with Gasteiger partial charge in [0.1, 0.15) is 11.2 Å². The molecule has 1 N–H and O–H groups in total. The molecule has 0 fully saturated rings. The maximum atomic E-state index is 6.91. The Morgan fingerprint density at radius 3 is 2.32 bits per heavy atom. The molecule has 4 unspecified atom stereocenters. The molecule has 13 aromatic rings. The number of rotatable bonds is 9. The van der Waals surface area contributed by atoms with Crippen LogP contribution in [-0.4, -0.2) is 14.5 Å². The van der Waals surface area contributed by atoms with E-state index in [1.54, 1.807) is 0 Å². The fraction of sp³-hybridized carbons (Fsp3) is 0.130. The van der Waals surface area contributed by atoms with Gasteiger partial charge in [-0.2, -0.15) is 0 Å². The highest BCUT2D eigenvalue weighted by Gasteiger charge is 2.49. The molecule has 0 saturated carbocycles. The van der Waals surface area contributed by atoms with Gasteiger partial charge in [-0.15, -0.1) is 11.3 Å². The van der Waals surface area contributed by atoms with Gasteiger partial charge in [-0.1, -0.05) is 184 Å². The first-order valence-corrected chi connectivity index (χ1v) is 27.2. The van der Waals surface area contributed by atoms with Gasteiger partial charge in [0.05, 0.1) is 22.4 Å². The number of hydrogen-bond acceptors (Lipinski definition) is 5. The smallest absolute Gasteiger partial charge is 0.156 e. The molecule has 0 spiro atoms. The quantitative estimate of drug-likeness (QED) is 0.157. The molecule has 4 heterocycles. The minimum absolute atomic E-state index is 0.145. The lowest BCUT2D eigenvalue weighted by molar-refractivity contribution is 0.242. The zero-order valence-corrected chi connectivity index (χ0v) is 42.6. The number of nitrogens with one attached hydrogen (secondary N) is 1. The summed E-state index contributed by atoms with van der Waals surface area (Å²) < 4.78 is 11.9. The van der Waals surface area contributed by atoms with Crippen molar-refractivity contribution < 1.29 is 4.42 Å². The normalized spacial score (nSPS) is 17.9. The van der Waals surface area contributed by atoms with Crippen LogP contribution in [0.1, 0.15) is 53.4 Å². The number of para-hydroxylation sites is 2. The molecule has 0 radical (unpaired) electrons. The SMILES string of the molecule is CC(c1ccccc1)C1Cc2ccccc2C2(C)C=CC=C(c3ncc(CNCc4c(-n5c6ccccc6c6cc7ccccc7cc65)ccc5c4oc4ccccc45)c(-c4cccc5c4sc4ccccc45)n3)C12. The minimum atomic E-state index is -0.249. The van der Waals surface area contributed by atoms with E-state index < -0.39 is 0 Å². The average Bonchev–Trinajstić information content (AvgIpc) is 4.16. The molecule has 9 aromatic carbocycles. The first-order valence-electron chi connectivity index (χ1n) is 26.3. The lowest BCUT2D eigenvalue weighted by Crippen LogP contribution is -2.44. The van der Waals surface area contributed by atoms with Crippen LogP contribution in [0.5, 0.6) is 0 Å². The molecular weight excluding hydrogens is 933 g/mol. The average molecular weight is 985 g/mol. The van der Waals surface area contributed by atoms with Gasteiger partial charge in [0, 0.05) is 94.6 Å². The van der Waals surface area contributed by atoms with Crippen molar-refractivity contribution in [1.82, 2.24) is 19.9 Å². The highest BCUT2D eigenvalue weighted by atomic mass is 32.1. The van der Waals surface area contributed by atoms with Gasteiger partial charge >= 0.3 is 0 Å². The van der Waals surface area contributed by atoms with Crippen LogP contribution < -0.4 is 5.32 Å². The lowest BCUT2D eigenvalue weighted by Gasteiger charge is -2.50. The Hall–Kier alpha value is -8.42.